The van der Waals surface area contributed by atoms with Crippen molar-refractivity contribution in [2.75, 3.05) is 11.4 Å². The van der Waals surface area contributed by atoms with Gasteiger partial charge in [-0.05, 0) is 37.3 Å². The smallest absolute Gasteiger partial charge is 0.132 e. The Balaban J connectivity index is 2.19. The van der Waals surface area contributed by atoms with Crippen molar-refractivity contribution in [2.45, 2.75) is 39.2 Å². The van der Waals surface area contributed by atoms with Gasteiger partial charge in [-0.25, -0.2) is 4.98 Å². The van der Waals surface area contributed by atoms with E-state index in [4.69, 9.17) is 16.9 Å². The molecule has 1 aliphatic rings. The number of nitrogens with zero attached hydrogens (tertiary/aromatic N) is 3. The van der Waals surface area contributed by atoms with E-state index in [1.807, 2.05) is 6.07 Å². The van der Waals surface area contributed by atoms with E-state index in [1.165, 1.54) is 12.8 Å². The van der Waals surface area contributed by atoms with Crippen LogP contribution in [0, 0.1) is 17.2 Å². The molecule has 0 N–H and O–H groups in total. The maximum absolute atomic E-state index is 8.99. The van der Waals surface area contributed by atoms with Crippen LogP contribution in [0.15, 0.2) is 12.1 Å². The van der Waals surface area contributed by atoms with Crippen LogP contribution in [0.25, 0.3) is 0 Å². The summed E-state index contributed by atoms with van der Waals surface area (Å²) in [6.45, 7) is 5.43. The molecular formula is C14H18ClN3. The summed E-state index contributed by atoms with van der Waals surface area (Å²) >= 11 is 5.97. The van der Waals surface area contributed by atoms with E-state index >= 15 is 0 Å². The first kappa shape index (κ1) is 13.2. The third-order valence-electron chi connectivity index (χ3n) is 3.14. The summed E-state index contributed by atoms with van der Waals surface area (Å²) in [7, 11) is 0. The van der Waals surface area contributed by atoms with Gasteiger partial charge in [0.25, 0.3) is 0 Å². The second-order valence-electron chi connectivity index (χ2n) is 5.26. The number of pyridine rings is 1. The van der Waals surface area contributed by atoms with Gasteiger partial charge in [0.1, 0.15) is 11.0 Å². The zero-order valence-electron chi connectivity index (χ0n) is 10.9. The monoisotopic (exact) mass is 263 g/mol. The minimum atomic E-state index is 0.402. The summed E-state index contributed by atoms with van der Waals surface area (Å²) < 4.78 is 0. The van der Waals surface area contributed by atoms with Crippen LogP contribution in [0.3, 0.4) is 0 Å². The SMILES string of the molecule is CC(C)CCN(c1cc(C#N)cc(Cl)n1)C1CC1. The van der Waals surface area contributed by atoms with Crippen molar-refractivity contribution in [3.05, 3.63) is 22.8 Å². The Morgan fingerprint density at radius 3 is 2.78 bits per heavy atom. The van der Waals surface area contributed by atoms with Gasteiger partial charge < -0.3 is 4.90 Å². The van der Waals surface area contributed by atoms with Crippen molar-refractivity contribution < 1.29 is 0 Å². The molecule has 0 amide bonds. The average molecular weight is 264 g/mol. The van der Waals surface area contributed by atoms with Crippen molar-refractivity contribution in [1.82, 2.24) is 4.98 Å². The molecule has 0 unspecified atom stereocenters. The van der Waals surface area contributed by atoms with Crippen LogP contribution in [0.2, 0.25) is 5.15 Å². The molecule has 3 nitrogen and oxygen atoms in total. The standard InChI is InChI=1S/C14H18ClN3/c1-10(2)5-6-18(12-3-4-12)14-8-11(9-16)7-13(15)17-14/h7-8,10,12H,3-6H2,1-2H3. The lowest BCUT2D eigenvalue weighted by atomic mass is 10.1. The van der Waals surface area contributed by atoms with E-state index in [1.54, 1.807) is 6.07 Å². The van der Waals surface area contributed by atoms with Gasteiger partial charge in [-0.2, -0.15) is 5.26 Å². The van der Waals surface area contributed by atoms with Crippen molar-refractivity contribution in [1.29, 1.82) is 5.26 Å². The molecule has 4 heteroatoms. The van der Waals surface area contributed by atoms with Crippen molar-refractivity contribution in [2.24, 2.45) is 5.92 Å². The number of halogens is 1. The number of nitriles is 1. The molecule has 96 valence electrons. The molecule has 1 heterocycles. The van der Waals surface area contributed by atoms with Gasteiger partial charge in [0.15, 0.2) is 0 Å². The van der Waals surface area contributed by atoms with Gasteiger partial charge in [0.05, 0.1) is 11.6 Å². The number of hydrogen-bond acceptors (Lipinski definition) is 3. The molecule has 0 radical (unpaired) electrons. The average Bonchev–Trinajstić information content (AvgIpc) is 3.12. The molecule has 2 rings (SSSR count). The van der Waals surface area contributed by atoms with E-state index in [0.29, 0.717) is 22.7 Å². The number of aromatic nitrogens is 1. The molecule has 0 atom stereocenters. The van der Waals surface area contributed by atoms with Gasteiger partial charge in [-0.1, -0.05) is 25.4 Å². The van der Waals surface area contributed by atoms with Gasteiger partial charge in [-0.3, -0.25) is 0 Å². The predicted octanol–water partition coefficient (Wildman–Crippen LogP) is 3.62. The fourth-order valence-corrected chi connectivity index (χ4v) is 2.17. The molecule has 0 saturated heterocycles. The predicted molar refractivity (Wildman–Crippen MR) is 73.8 cm³/mol. The van der Waals surface area contributed by atoms with Crippen LogP contribution < -0.4 is 4.90 Å². The second kappa shape index (κ2) is 5.58. The lowest BCUT2D eigenvalue weighted by molar-refractivity contribution is 0.568. The molecule has 18 heavy (non-hydrogen) atoms. The molecule has 1 saturated carbocycles. The molecule has 1 aromatic heterocycles. The van der Waals surface area contributed by atoms with Gasteiger partial charge in [-0.15, -0.1) is 0 Å². The van der Waals surface area contributed by atoms with E-state index in [2.05, 4.69) is 29.8 Å². The normalized spacial score (nSPS) is 14.6. The zero-order valence-corrected chi connectivity index (χ0v) is 11.6. The summed E-state index contributed by atoms with van der Waals surface area (Å²) in [5.41, 5.74) is 0.584. The fraction of sp³-hybridized carbons (Fsp3) is 0.571. The number of rotatable bonds is 5. The summed E-state index contributed by atoms with van der Waals surface area (Å²) in [6.07, 6.45) is 3.56. The molecule has 1 aromatic rings. The first-order valence-electron chi connectivity index (χ1n) is 6.44. The van der Waals surface area contributed by atoms with Gasteiger partial charge >= 0.3 is 0 Å². The Morgan fingerprint density at radius 2 is 2.22 bits per heavy atom. The largest absolute Gasteiger partial charge is 0.354 e. The van der Waals surface area contributed by atoms with Crippen LogP contribution in [0.5, 0.6) is 0 Å². The molecule has 0 spiro atoms. The van der Waals surface area contributed by atoms with Crippen molar-refractivity contribution >= 4 is 17.4 Å². The molecule has 0 aliphatic heterocycles. The van der Waals surface area contributed by atoms with E-state index in [9.17, 15) is 0 Å². The number of hydrogen-bond donors (Lipinski definition) is 0. The lowest BCUT2D eigenvalue weighted by Crippen LogP contribution is -2.28. The zero-order chi connectivity index (χ0) is 13.1. The van der Waals surface area contributed by atoms with E-state index in [-0.39, 0.29) is 0 Å². The Kier molecular flexibility index (Phi) is 4.08. The molecule has 0 bridgehead atoms. The van der Waals surface area contributed by atoms with Crippen LogP contribution in [0.1, 0.15) is 38.7 Å². The summed E-state index contributed by atoms with van der Waals surface area (Å²) in [4.78, 5) is 6.66. The summed E-state index contributed by atoms with van der Waals surface area (Å²) in [5.74, 6) is 1.52. The Hall–Kier alpha value is -1.27. The topological polar surface area (TPSA) is 39.9 Å². The molecule has 1 aliphatic carbocycles. The van der Waals surface area contributed by atoms with Gasteiger partial charge in [0.2, 0.25) is 0 Å². The van der Waals surface area contributed by atoms with E-state index in [0.717, 1.165) is 18.8 Å². The highest BCUT2D eigenvalue weighted by atomic mass is 35.5. The number of anilines is 1. The van der Waals surface area contributed by atoms with Crippen molar-refractivity contribution in [3.63, 3.8) is 0 Å². The molecular weight excluding hydrogens is 246 g/mol. The van der Waals surface area contributed by atoms with Crippen LogP contribution in [-0.4, -0.2) is 17.6 Å². The lowest BCUT2D eigenvalue weighted by Gasteiger charge is -2.24. The minimum Gasteiger partial charge on any atom is -0.354 e. The summed E-state index contributed by atoms with van der Waals surface area (Å²) in [6, 6.07) is 6.17. The summed E-state index contributed by atoms with van der Waals surface area (Å²) in [5, 5.41) is 9.39. The first-order valence-corrected chi connectivity index (χ1v) is 6.82. The van der Waals surface area contributed by atoms with Crippen LogP contribution >= 0.6 is 11.6 Å². The first-order chi connectivity index (χ1) is 8.60. The highest BCUT2D eigenvalue weighted by Gasteiger charge is 2.30. The van der Waals surface area contributed by atoms with Gasteiger partial charge in [0, 0.05) is 12.6 Å². The van der Waals surface area contributed by atoms with Crippen LogP contribution in [0.4, 0.5) is 5.82 Å². The third kappa shape index (κ3) is 3.36. The Bertz CT molecular complexity index is 461. The second-order valence-corrected chi connectivity index (χ2v) is 5.64. The Morgan fingerprint density at radius 1 is 1.50 bits per heavy atom. The maximum atomic E-state index is 8.99. The molecule has 0 aromatic carbocycles. The van der Waals surface area contributed by atoms with E-state index < -0.39 is 0 Å². The molecule has 1 fully saturated rings. The maximum Gasteiger partial charge on any atom is 0.132 e. The highest BCUT2D eigenvalue weighted by molar-refractivity contribution is 6.29. The fourth-order valence-electron chi connectivity index (χ4n) is 1.96. The Labute approximate surface area is 113 Å². The van der Waals surface area contributed by atoms with Crippen molar-refractivity contribution in [3.8, 4) is 6.07 Å². The van der Waals surface area contributed by atoms with Crippen LogP contribution in [-0.2, 0) is 0 Å². The highest BCUT2D eigenvalue weighted by Crippen LogP contribution is 2.32. The minimum absolute atomic E-state index is 0.402. The quantitative estimate of drug-likeness (QED) is 0.762. The third-order valence-corrected chi connectivity index (χ3v) is 3.33.